The van der Waals surface area contributed by atoms with Crippen molar-refractivity contribution in [2.45, 2.75) is 19.0 Å². The maximum absolute atomic E-state index is 11.9. The van der Waals surface area contributed by atoms with E-state index in [1.54, 1.807) is 0 Å². The lowest BCUT2D eigenvalue weighted by Crippen LogP contribution is -2.09. The summed E-state index contributed by atoms with van der Waals surface area (Å²) in [6.07, 6.45) is -5.44. The molecule has 0 fully saturated rings. The van der Waals surface area contributed by atoms with E-state index in [4.69, 9.17) is 4.74 Å². The molecule has 0 aliphatic carbocycles. The van der Waals surface area contributed by atoms with Crippen LogP contribution < -0.4 is 5.32 Å². The normalized spacial score (nSPS) is 11.8. The first-order valence-electron chi connectivity index (χ1n) is 4.63. The Hall–Kier alpha value is -1.31. The van der Waals surface area contributed by atoms with E-state index < -0.39 is 12.6 Å². The zero-order valence-electron chi connectivity index (χ0n) is 8.67. The van der Waals surface area contributed by atoms with Gasteiger partial charge in [0.2, 0.25) is 0 Å². The summed E-state index contributed by atoms with van der Waals surface area (Å²) in [6.45, 7) is 0.900. The third kappa shape index (κ3) is 4.96. The molecule has 0 aliphatic heterocycles. The molecule has 92 valence electrons. The van der Waals surface area contributed by atoms with Crippen molar-refractivity contribution < 1.29 is 22.4 Å². The van der Waals surface area contributed by atoms with Crippen molar-refractivity contribution >= 4 is 6.01 Å². The number of aromatic nitrogens is 2. The van der Waals surface area contributed by atoms with Crippen LogP contribution in [0.25, 0.3) is 0 Å². The van der Waals surface area contributed by atoms with Gasteiger partial charge >= 0.3 is 12.2 Å². The molecule has 16 heavy (non-hydrogen) atoms. The highest BCUT2D eigenvalue weighted by atomic mass is 19.4. The van der Waals surface area contributed by atoms with Crippen molar-refractivity contribution in [1.82, 2.24) is 10.1 Å². The number of aryl methyl sites for hydroxylation is 1. The molecule has 0 unspecified atom stereocenters. The van der Waals surface area contributed by atoms with Gasteiger partial charge in [0.05, 0.1) is 13.0 Å². The molecule has 0 spiro atoms. The number of halogens is 3. The standard InChI is InChI=1S/C8H12F3N3O2/c1-15-5-4-12-7-13-6(14-16-7)2-3-8(9,10)11/h2-5H2,1H3,(H,12,13,14). The smallest absolute Gasteiger partial charge is 0.383 e. The van der Waals surface area contributed by atoms with Crippen LogP contribution in [-0.4, -0.2) is 36.6 Å². The van der Waals surface area contributed by atoms with Crippen LogP contribution in [-0.2, 0) is 11.2 Å². The van der Waals surface area contributed by atoms with E-state index in [1.807, 2.05) is 0 Å². The third-order valence-corrected chi connectivity index (χ3v) is 1.68. The summed E-state index contributed by atoms with van der Waals surface area (Å²) in [5.74, 6) is 0.0391. The Bertz CT molecular complexity index is 314. The molecule has 1 aromatic heterocycles. The maximum Gasteiger partial charge on any atom is 0.389 e. The van der Waals surface area contributed by atoms with Gasteiger partial charge in [0.1, 0.15) is 0 Å². The lowest BCUT2D eigenvalue weighted by atomic mass is 10.3. The second-order valence-corrected chi connectivity index (χ2v) is 3.05. The monoisotopic (exact) mass is 239 g/mol. The van der Waals surface area contributed by atoms with Gasteiger partial charge < -0.3 is 14.6 Å². The van der Waals surface area contributed by atoms with Crippen LogP contribution in [0.15, 0.2) is 4.52 Å². The molecular formula is C8H12F3N3O2. The molecule has 0 aromatic carbocycles. The summed E-state index contributed by atoms with van der Waals surface area (Å²) >= 11 is 0. The molecule has 1 N–H and O–H groups in total. The van der Waals surface area contributed by atoms with Crippen LogP contribution in [0.4, 0.5) is 19.2 Å². The predicted octanol–water partition coefficient (Wildman–Crippen LogP) is 1.62. The summed E-state index contributed by atoms with van der Waals surface area (Å²) in [4.78, 5) is 3.74. The number of nitrogens with zero attached hydrogens (tertiary/aromatic N) is 2. The van der Waals surface area contributed by atoms with Gasteiger partial charge in [0.15, 0.2) is 5.82 Å². The van der Waals surface area contributed by atoms with E-state index in [-0.39, 0.29) is 18.3 Å². The Morgan fingerprint density at radius 2 is 2.19 bits per heavy atom. The van der Waals surface area contributed by atoms with Gasteiger partial charge in [-0.2, -0.15) is 18.2 Å². The molecule has 0 saturated carbocycles. The second-order valence-electron chi connectivity index (χ2n) is 3.05. The van der Waals surface area contributed by atoms with Gasteiger partial charge in [-0.15, -0.1) is 0 Å². The molecule has 5 nitrogen and oxygen atoms in total. The van der Waals surface area contributed by atoms with Crippen molar-refractivity contribution in [3.63, 3.8) is 0 Å². The number of nitrogens with one attached hydrogen (secondary N) is 1. The van der Waals surface area contributed by atoms with Crippen LogP contribution in [0.3, 0.4) is 0 Å². The molecular weight excluding hydrogens is 227 g/mol. The summed E-state index contributed by atoms with van der Waals surface area (Å²) in [5, 5.41) is 6.13. The first-order valence-corrected chi connectivity index (χ1v) is 4.63. The number of methoxy groups -OCH3 is 1. The molecule has 0 amide bonds. The molecule has 0 atom stereocenters. The Morgan fingerprint density at radius 1 is 1.44 bits per heavy atom. The van der Waals surface area contributed by atoms with E-state index in [2.05, 4.69) is 20.0 Å². The van der Waals surface area contributed by atoms with Crippen LogP contribution in [0.5, 0.6) is 0 Å². The summed E-state index contributed by atoms with van der Waals surface area (Å²) in [5.41, 5.74) is 0. The number of anilines is 1. The van der Waals surface area contributed by atoms with Gasteiger partial charge in [-0.1, -0.05) is 5.16 Å². The van der Waals surface area contributed by atoms with Gasteiger partial charge in [0, 0.05) is 20.1 Å². The van der Waals surface area contributed by atoms with Crippen LogP contribution in [0.1, 0.15) is 12.2 Å². The molecule has 1 heterocycles. The Labute approximate surface area is 90.0 Å². The summed E-state index contributed by atoms with van der Waals surface area (Å²) in [6, 6.07) is 0.106. The SMILES string of the molecule is COCCNc1nc(CCC(F)(F)F)no1. The van der Waals surface area contributed by atoms with Gasteiger partial charge in [-0.3, -0.25) is 0 Å². The second kappa shape index (κ2) is 5.69. The zero-order chi connectivity index (χ0) is 12.0. The maximum atomic E-state index is 11.9. The van der Waals surface area contributed by atoms with Crippen molar-refractivity contribution in [2.75, 3.05) is 25.6 Å². The highest BCUT2D eigenvalue weighted by molar-refractivity contribution is 5.17. The van der Waals surface area contributed by atoms with E-state index in [0.717, 1.165) is 0 Å². The van der Waals surface area contributed by atoms with Crippen LogP contribution >= 0.6 is 0 Å². The fourth-order valence-corrected chi connectivity index (χ4v) is 0.941. The van der Waals surface area contributed by atoms with Gasteiger partial charge in [0.25, 0.3) is 0 Å². The minimum absolute atomic E-state index is 0.0391. The molecule has 1 rings (SSSR count). The average molecular weight is 239 g/mol. The Morgan fingerprint density at radius 3 is 2.81 bits per heavy atom. The fourth-order valence-electron chi connectivity index (χ4n) is 0.941. The van der Waals surface area contributed by atoms with Crippen LogP contribution in [0, 0.1) is 0 Å². The number of hydrogen-bond donors (Lipinski definition) is 1. The third-order valence-electron chi connectivity index (χ3n) is 1.68. The Balaban J connectivity index is 2.33. The van der Waals surface area contributed by atoms with E-state index in [9.17, 15) is 13.2 Å². The summed E-state index contributed by atoms with van der Waals surface area (Å²) < 4.78 is 45.1. The quantitative estimate of drug-likeness (QED) is 0.764. The topological polar surface area (TPSA) is 60.2 Å². The molecule has 8 heteroatoms. The van der Waals surface area contributed by atoms with Crippen molar-refractivity contribution in [3.8, 4) is 0 Å². The summed E-state index contributed by atoms with van der Waals surface area (Å²) in [7, 11) is 1.53. The largest absolute Gasteiger partial charge is 0.389 e. The zero-order valence-corrected chi connectivity index (χ0v) is 8.67. The lowest BCUT2D eigenvalue weighted by Gasteiger charge is -2.01. The molecule has 0 bridgehead atoms. The predicted molar refractivity (Wildman–Crippen MR) is 49.0 cm³/mol. The van der Waals surface area contributed by atoms with E-state index >= 15 is 0 Å². The molecule has 0 radical (unpaired) electrons. The minimum atomic E-state index is -4.20. The number of rotatable bonds is 6. The van der Waals surface area contributed by atoms with E-state index in [0.29, 0.717) is 13.2 Å². The lowest BCUT2D eigenvalue weighted by molar-refractivity contribution is -0.134. The van der Waals surface area contributed by atoms with Crippen molar-refractivity contribution in [3.05, 3.63) is 5.82 Å². The highest BCUT2D eigenvalue weighted by Gasteiger charge is 2.27. The number of hydrogen-bond acceptors (Lipinski definition) is 5. The number of ether oxygens (including phenoxy) is 1. The van der Waals surface area contributed by atoms with Gasteiger partial charge in [-0.25, -0.2) is 0 Å². The van der Waals surface area contributed by atoms with Crippen LogP contribution in [0.2, 0.25) is 0 Å². The minimum Gasteiger partial charge on any atom is -0.383 e. The molecule has 0 aliphatic rings. The number of alkyl halides is 3. The molecule has 1 aromatic rings. The first-order chi connectivity index (χ1) is 7.51. The molecule has 0 saturated heterocycles. The first kappa shape index (κ1) is 12.8. The van der Waals surface area contributed by atoms with Crippen molar-refractivity contribution in [2.24, 2.45) is 0 Å². The fraction of sp³-hybridized carbons (Fsp3) is 0.750. The van der Waals surface area contributed by atoms with Crippen molar-refractivity contribution in [1.29, 1.82) is 0 Å². The van der Waals surface area contributed by atoms with Gasteiger partial charge in [-0.05, 0) is 0 Å². The average Bonchev–Trinajstić information content (AvgIpc) is 2.62. The van der Waals surface area contributed by atoms with E-state index in [1.165, 1.54) is 7.11 Å². The highest BCUT2D eigenvalue weighted by Crippen LogP contribution is 2.21. The Kier molecular flexibility index (Phi) is 4.53.